The highest BCUT2D eigenvalue weighted by Crippen LogP contribution is 2.71. The van der Waals surface area contributed by atoms with Gasteiger partial charge in [0.25, 0.3) is 5.69 Å². The van der Waals surface area contributed by atoms with Crippen LogP contribution in [-0.4, -0.2) is 22.5 Å². The number of nitrogens with one attached hydrogen (secondary N) is 1. The van der Waals surface area contributed by atoms with Gasteiger partial charge in [0.05, 0.1) is 32.3 Å². The van der Waals surface area contributed by atoms with E-state index in [1.807, 2.05) is 20.8 Å². The van der Waals surface area contributed by atoms with Crippen molar-refractivity contribution in [3.8, 4) is 0 Å². The number of hydrogen-bond acceptors (Lipinski definition) is 6. The second kappa shape index (κ2) is 8.36. The minimum atomic E-state index is -0.842. The van der Waals surface area contributed by atoms with Crippen molar-refractivity contribution < 1.29 is 19.3 Å². The maximum Gasteiger partial charge on any atom is 0.365 e. The molecular formula is C24H23Cl2N3O5. The van der Waals surface area contributed by atoms with Gasteiger partial charge in [0.2, 0.25) is 5.91 Å². The number of anilines is 1. The average Bonchev–Trinajstić information content (AvgIpc) is 3.09. The first-order valence-corrected chi connectivity index (χ1v) is 11.5. The number of nitro groups is 1. The summed E-state index contributed by atoms with van der Waals surface area (Å²) in [6.45, 7) is 6.07. The van der Waals surface area contributed by atoms with Gasteiger partial charge in [0.15, 0.2) is 0 Å². The monoisotopic (exact) mass is 503 g/mol. The smallest absolute Gasteiger partial charge is 0.324 e. The van der Waals surface area contributed by atoms with Gasteiger partial charge in [-0.3, -0.25) is 14.9 Å². The number of nitro benzene ring substituents is 1. The highest BCUT2D eigenvalue weighted by atomic mass is 35.5. The number of benzene rings is 2. The third kappa shape index (κ3) is 3.56. The molecule has 4 rings (SSSR count). The van der Waals surface area contributed by atoms with Crippen molar-refractivity contribution in [2.45, 2.75) is 40.0 Å². The lowest BCUT2D eigenvalue weighted by Crippen LogP contribution is -2.43. The molecule has 2 fully saturated rings. The van der Waals surface area contributed by atoms with Crippen molar-refractivity contribution in [2.24, 2.45) is 21.4 Å². The molecule has 0 spiro atoms. The summed E-state index contributed by atoms with van der Waals surface area (Å²) in [6, 6.07) is 10.7. The topological polar surface area (TPSA) is 111 Å². The quantitative estimate of drug-likeness (QED) is 0.293. The van der Waals surface area contributed by atoms with E-state index in [9.17, 15) is 19.7 Å². The molecule has 2 aliphatic carbocycles. The fraction of sp³-hybridized carbons (Fsp3) is 0.375. The lowest BCUT2D eigenvalue weighted by atomic mass is 9.64. The van der Waals surface area contributed by atoms with Gasteiger partial charge in [-0.05, 0) is 42.5 Å². The highest BCUT2D eigenvalue weighted by molar-refractivity contribution is 6.34. The van der Waals surface area contributed by atoms with Crippen LogP contribution in [0, 0.1) is 26.4 Å². The Morgan fingerprint density at radius 2 is 1.79 bits per heavy atom. The van der Waals surface area contributed by atoms with E-state index in [1.165, 1.54) is 12.1 Å². The van der Waals surface area contributed by atoms with E-state index in [2.05, 4.69) is 10.5 Å². The molecule has 2 aliphatic rings. The summed E-state index contributed by atoms with van der Waals surface area (Å²) in [5.74, 6) is -0.995. The predicted octanol–water partition coefficient (Wildman–Crippen LogP) is 6.27. The number of carbonyl (C=O) groups excluding carboxylic acids is 2. The molecule has 0 saturated heterocycles. The van der Waals surface area contributed by atoms with E-state index in [-0.39, 0.29) is 16.5 Å². The third-order valence-electron chi connectivity index (χ3n) is 7.91. The summed E-state index contributed by atoms with van der Waals surface area (Å²) in [5.41, 5.74) is -1.01. The van der Waals surface area contributed by atoms with Crippen LogP contribution in [0.3, 0.4) is 0 Å². The van der Waals surface area contributed by atoms with Crippen molar-refractivity contribution in [3.63, 3.8) is 0 Å². The lowest BCUT2D eigenvalue weighted by Gasteiger charge is -2.39. The van der Waals surface area contributed by atoms with E-state index >= 15 is 0 Å². The molecule has 2 atom stereocenters. The summed E-state index contributed by atoms with van der Waals surface area (Å²) in [4.78, 5) is 41.7. The van der Waals surface area contributed by atoms with Gasteiger partial charge in [-0.15, -0.1) is 0 Å². The van der Waals surface area contributed by atoms with E-state index in [0.717, 1.165) is 6.07 Å². The van der Waals surface area contributed by atoms with Gasteiger partial charge in [-0.1, -0.05) is 61.3 Å². The molecule has 0 aliphatic heterocycles. The van der Waals surface area contributed by atoms with E-state index in [0.29, 0.717) is 35.7 Å². The Kier molecular flexibility index (Phi) is 5.94. The van der Waals surface area contributed by atoms with Crippen LogP contribution < -0.4 is 5.32 Å². The first-order valence-electron chi connectivity index (χ1n) is 10.7. The number of rotatable bonds is 5. The zero-order valence-electron chi connectivity index (χ0n) is 18.9. The normalized spacial score (nSPS) is 25.9. The summed E-state index contributed by atoms with van der Waals surface area (Å²) >= 11 is 12.1. The minimum absolute atomic E-state index is 0.0424. The Morgan fingerprint density at radius 3 is 2.47 bits per heavy atom. The van der Waals surface area contributed by atoms with Crippen molar-refractivity contribution in [3.05, 3.63) is 68.2 Å². The van der Waals surface area contributed by atoms with Crippen LogP contribution >= 0.6 is 23.2 Å². The third-order valence-corrected chi connectivity index (χ3v) is 8.56. The Balaban J connectivity index is 1.59. The van der Waals surface area contributed by atoms with E-state index in [4.69, 9.17) is 28.0 Å². The van der Waals surface area contributed by atoms with Crippen molar-refractivity contribution >= 4 is 52.2 Å². The predicted molar refractivity (Wildman–Crippen MR) is 129 cm³/mol. The van der Waals surface area contributed by atoms with Crippen molar-refractivity contribution in [1.82, 2.24) is 0 Å². The largest absolute Gasteiger partial charge is 0.365 e. The SMILES string of the molecule is CC12CCC(C(=O)Nc3ccccc3Cl)(C/C1=N\OC(=O)c1ccc(Cl)c([N+](=O)[O-])c1)C2(C)C. The van der Waals surface area contributed by atoms with Gasteiger partial charge in [-0.25, -0.2) is 4.79 Å². The van der Waals surface area contributed by atoms with Crippen LogP contribution in [0.4, 0.5) is 11.4 Å². The standard InChI is InChI=1S/C24H23Cl2N3O5/c1-22(2)23(3)10-11-24(22,21(31)27-17-7-5-4-6-15(17)25)13-19(23)28-34-20(30)14-8-9-16(26)18(12-14)29(32)33/h4-9,12H,10-11,13H2,1-3H3,(H,27,31)/b28-19+. The zero-order chi connectivity index (χ0) is 24.9. The molecule has 0 radical (unpaired) electrons. The zero-order valence-corrected chi connectivity index (χ0v) is 20.4. The van der Waals surface area contributed by atoms with Gasteiger partial charge in [-0.2, -0.15) is 0 Å². The molecule has 2 bridgehead atoms. The van der Waals surface area contributed by atoms with Crippen LogP contribution in [-0.2, 0) is 9.63 Å². The molecule has 2 saturated carbocycles. The molecule has 0 heterocycles. The summed E-state index contributed by atoms with van der Waals surface area (Å²) < 4.78 is 0. The minimum Gasteiger partial charge on any atom is -0.324 e. The van der Waals surface area contributed by atoms with Crippen LogP contribution in [0.5, 0.6) is 0 Å². The van der Waals surface area contributed by atoms with Crippen molar-refractivity contribution in [1.29, 1.82) is 0 Å². The number of halogens is 2. The maximum atomic E-state index is 13.5. The molecule has 0 aromatic heterocycles. The highest BCUT2D eigenvalue weighted by Gasteiger charge is 2.71. The number of oxime groups is 1. The fourth-order valence-electron chi connectivity index (χ4n) is 5.26. The molecular weight excluding hydrogens is 481 g/mol. The summed E-state index contributed by atoms with van der Waals surface area (Å²) in [7, 11) is 0. The van der Waals surface area contributed by atoms with E-state index in [1.54, 1.807) is 24.3 Å². The Morgan fingerprint density at radius 1 is 1.09 bits per heavy atom. The maximum absolute atomic E-state index is 13.5. The molecule has 8 nitrogen and oxygen atoms in total. The number of para-hydroxylation sites is 1. The molecule has 1 amide bonds. The number of carbonyl (C=O) groups is 2. The molecule has 2 aromatic rings. The molecule has 178 valence electrons. The second-order valence-corrected chi connectivity index (χ2v) is 10.3. The van der Waals surface area contributed by atoms with Crippen LogP contribution in [0.1, 0.15) is 50.4 Å². The number of amides is 1. The van der Waals surface area contributed by atoms with Crippen LogP contribution in [0.15, 0.2) is 47.6 Å². The van der Waals surface area contributed by atoms with Gasteiger partial charge >= 0.3 is 5.97 Å². The van der Waals surface area contributed by atoms with Crippen LogP contribution in [0.25, 0.3) is 0 Å². The fourth-order valence-corrected chi connectivity index (χ4v) is 5.63. The lowest BCUT2D eigenvalue weighted by molar-refractivity contribution is -0.384. The van der Waals surface area contributed by atoms with Gasteiger partial charge < -0.3 is 10.2 Å². The number of nitrogens with zero attached hydrogens (tertiary/aromatic N) is 2. The first-order chi connectivity index (χ1) is 15.9. The summed E-state index contributed by atoms with van der Waals surface area (Å²) in [6.07, 6.45) is 1.67. The van der Waals surface area contributed by atoms with E-state index < -0.39 is 32.8 Å². The summed E-state index contributed by atoms with van der Waals surface area (Å²) in [5, 5.41) is 18.6. The Labute approximate surface area is 206 Å². The number of fused-ring (bicyclic) bond motifs is 2. The van der Waals surface area contributed by atoms with Crippen LogP contribution in [0.2, 0.25) is 10.0 Å². The Hall–Kier alpha value is -2.97. The molecule has 34 heavy (non-hydrogen) atoms. The first kappa shape index (κ1) is 24.2. The molecule has 2 aromatic carbocycles. The Bertz CT molecular complexity index is 1240. The molecule has 1 N–H and O–H groups in total. The molecule has 10 heteroatoms. The van der Waals surface area contributed by atoms with Crippen molar-refractivity contribution in [2.75, 3.05) is 5.32 Å². The second-order valence-electron chi connectivity index (χ2n) is 9.49. The van der Waals surface area contributed by atoms with Gasteiger partial charge in [0.1, 0.15) is 5.02 Å². The average molecular weight is 504 g/mol. The van der Waals surface area contributed by atoms with Gasteiger partial charge in [0, 0.05) is 17.9 Å². The molecule has 2 unspecified atom stereocenters. The number of hydrogen-bond donors (Lipinski definition) is 1.